The Balaban J connectivity index is 1.07. The Hall–Kier alpha value is -4.89. The quantitative estimate of drug-likeness (QED) is 0.238. The minimum Gasteiger partial charge on any atom is -0.355 e. The lowest BCUT2D eigenvalue weighted by Gasteiger charge is -1.96. The average Bonchev–Trinajstić information content (AvgIpc) is 3.62. The van der Waals surface area contributed by atoms with Crippen LogP contribution >= 0.6 is 0 Å². The second-order valence-corrected chi connectivity index (χ2v) is 9.88. The molecule has 3 heteroatoms. The van der Waals surface area contributed by atoms with Crippen molar-refractivity contribution >= 4 is 61.5 Å². The fourth-order valence-electron chi connectivity index (χ4n) is 5.51. The van der Waals surface area contributed by atoms with Gasteiger partial charge in [0.2, 0.25) is 0 Å². The SMILES string of the molecule is O=C1/C(=C/C=Cc2ccc3[nH]c4ccccc4c3c2)CC/C1=C\C=Cc1ccc2[nH]c3ccccc3c2c1. The Kier molecular flexibility index (Phi) is 5.41. The summed E-state index contributed by atoms with van der Waals surface area (Å²) in [6.45, 7) is 0. The van der Waals surface area contributed by atoms with Crippen molar-refractivity contribution in [2.45, 2.75) is 12.8 Å². The highest BCUT2D eigenvalue weighted by Gasteiger charge is 2.21. The fourth-order valence-corrected chi connectivity index (χ4v) is 5.51. The number of nitrogens with one attached hydrogen (secondary N) is 2. The molecule has 7 rings (SSSR count). The number of benzene rings is 4. The molecule has 2 aromatic heterocycles. The van der Waals surface area contributed by atoms with E-state index in [2.05, 4.69) is 94.9 Å². The summed E-state index contributed by atoms with van der Waals surface area (Å²) in [5, 5.41) is 4.89. The third-order valence-corrected chi connectivity index (χ3v) is 7.48. The minimum absolute atomic E-state index is 0.151. The molecule has 0 radical (unpaired) electrons. The summed E-state index contributed by atoms with van der Waals surface area (Å²) in [5.74, 6) is 0.151. The standard InChI is InChI=1S/C35H26N2O/c38-35-25(9-5-7-23-15-19-33-29(21-23)27-11-1-3-13-31(27)36-33)17-18-26(35)10-6-8-24-16-20-34-30(22-24)28-12-2-4-14-32(28)37-34/h1-16,19-22,36-37H,17-18H2/b7-5?,8-6?,25-9+,26-10+. The van der Waals surface area contributed by atoms with Crippen molar-refractivity contribution in [2.24, 2.45) is 0 Å². The zero-order valence-corrected chi connectivity index (χ0v) is 20.9. The first-order valence-electron chi connectivity index (χ1n) is 13.0. The zero-order chi connectivity index (χ0) is 25.5. The van der Waals surface area contributed by atoms with Crippen LogP contribution < -0.4 is 0 Å². The van der Waals surface area contributed by atoms with Crippen molar-refractivity contribution in [1.29, 1.82) is 0 Å². The molecule has 0 aliphatic heterocycles. The van der Waals surface area contributed by atoms with Gasteiger partial charge in [-0.25, -0.2) is 0 Å². The molecule has 0 saturated heterocycles. The van der Waals surface area contributed by atoms with Gasteiger partial charge in [0, 0.05) is 54.8 Å². The third kappa shape index (κ3) is 3.99. The molecule has 1 aliphatic carbocycles. The first-order chi connectivity index (χ1) is 18.7. The number of rotatable bonds is 4. The van der Waals surface area contributed by atoms with E-state index in [9.17, 15) is 4.79 Å². The topological polar surface area (TPSA) is 48.6 Å². The van der Waals surface area contributed by atoms with Gasteiger partial charge in [-0.1, -0.05) is 85.0 Å². The fraction of sp³-hybridized carbons (Fsp3) is 0.0571. The Labute approximate surface area is 220 Å². The number of Topliss-reactive ketones (excluding diaryl/α,β-unsaturated/α-hetero) is 1. The molecule has 182 valence electrons. The number of hydrogen-bond donors (Lipinski definition) is 2. The van der Waals surface area contributed by atoms with E-state index < -0.39 is 0 Å². The van der Waals surface area contributed by atoms with Crippen LogP contribution in [0.5, 0.6) is 0 Å². The van der Waals surface area contributed by atoms with Crippen LogP contribution in [0.3, 0.4) is 0 Å². The molecular weight excluding hydrogens is 464 g/mol. The van der Waals surface area contributed by atoms with E-state index in [-0.39, 0.29) is 5.78 Å². The Bertz CT molecular complexity index is 1850. The number of ketones is 1. The normalized spacial score (nSPS) is 16.7. The number of H-pyrrole nitrogens is 2. The van der Waals surface area contributed by atoms with E-state index in [1.165, 1.54) is 21.5 Å². The maximum Gasteiger partial charge on any atom is 0.185 e. The first-order valence-corrected chi connectivity index (χ1v) is 13.0. The average molecular weight is 491 g/mol. The second kappa shape index (κ2) is 9.20. The van der Waals surface area contributed by atoms with Gasteiger partial charge < -0.3 is 9.97 Å². The van der Waals surface area contributed by atoms with E-state index in [4.69, 9.17) is 0 Å². The Morgan fingerprint density at radius 2 is 0.974 bits per heavy atom. The molecule has 1 fully saturated rings. The molecule has 2 N–H and O–H groups in total. The van der Waals surface area contributed by atoms with Crippen LogP contribution in [0.2, 0.25) is 0 Å². The molecule has 1 aliphatic rings. The van der Waals surface area contributed by atoms with Gasteiger partial charge in [-0.15, -0.1) is 0 Å². The van der Waals surface area contributed by atoms with E-state index in [0.717, 1.165) is 57.2 Å². The number of aromatic amines is 2. The summed E-state index contributed by atoms with van der Waals surface area (Å²) >= 11 is 0. The van der Waals surface area contributed by atoms with Crippen LogP contribution in [-0.2, 0) is 4.79 Å². The van der Waals surface area contributed by atoms with Gasteiger partial charge in [-0.05, 0) is 60.4 Å². The smallest absolute Gasteiger partial charge is 0.185 e. The molecule has 6 aromatic rings. The molecule has 1 saturated carbocycles. The predicted octanol–water partition coefficient (Wildman–Crippen LogP) is 8.90. The molecule has 0 amide bonds. The number of fused-ring (bicyclic) bond motifs is 6. The molecule has 0 bridgehead atoms. The van der Waals surface area contributed by atoms with Gasteiger partial charge in [0.05, 0.1) is 0 Å². The van der Waals surface area contributed by atoms with Crippen LogP contribution in [-0.4, -0.2) is 15.8 Å². The Morgan fingerprint density at radius 1 is 0.526 bits per heavy atom. The van der Waals surface area contributed by atoms with Crippen molar-refractivity contribution in [2.75, 3.05) is 0 Å². The van der Waals surface area contributed by atoms with Crippen molar-refractivity contribution < 1.29 is 4.79 Å². The number of aromatic nitrogens is 2. The summed E-state index contributed by atoms with van der Waals surface area (Å²) in [6.07, 6.45) is 13.6. The highest BCUT2D eigenvalue weighted by Crippen LogP contribution is 2.29. The molecule has 3 nitrogen and oxygen atoms in total. The second-order valence-electron chi connectivity index (χ2n) is 9.88. The van der Waals surface area contributed by atoms with E-state index in [1.807, 2.05) is 36.4 Å². The summed E-state index contributed by atoms with van der Waals surface area (Å²) in [7, 11) is 0. The van der Waals surface area contributed by atoms with Gasteiger partial charge in [0.25, 0.3) is 0 Å². The van der Waals surface area contributed by atoms with Crippen molar-refractivity contribution in [3.8, 4) is 0 Å². The van der Waals surface area contributed by atoms with Crippen LogP contribution in [0.1, 0.15) is 24.0 Å². The van der Waals surface area contributed by atoms with Crippen LogP contribution in [0, 0.1) is 0 Å². The van der Waals surface area contributed by atoms with Gasteiger partial charge in [-0.3, -0.25) is 4.79 Å². The number of carbonyl (C=O) groups excluding carboxylic acids is 1. The van der Waals surface area contributed by atoms with Crippen molar-refractivity contribution in [3.05, 3.63) is 132 Å². The number of para-hydroxylation sites is 2. The lowest BCUT2D eigenvalue weighted by Crippen LogP contribution is -1.94. The molecule has 0 atom stereocenters. The monoisotopic (exact) mass is 490 g/mol. The van der Waals surface area contributed by atoms with Crippen LogP contribution in [0.25, 0.3) is 55.8 Å². The lowest BCUT2D eigenvalue weighted by molar-refractivity contribution is -0.111. The largest absolute Gasteiger partial charge is 0.355 e. The van der Waals surface area contributed by atoms with E-state index in [0.29, 0.717) is 0 Å². The van der Waals surface area contributed by atoms with Crippen molar-refractivity contribution in [1.82, 2.24) is 9.97 Å². The van der Waals surface area contributed by atoms with Crippen LogP contribution in [0.4, 0.5) is 0 Å². The molecule has 38 heavy (non-hydrogen) atoms. The van der Waals surface area contributed by atoms with Gasteiger partial charge >= 0.3 is 0 Å². The first kappa shape index (κ1) is 22.3. The maximum absolute atomic E-state index is 13.0. The Morgan fingerprint density at radius 3 is 1.47 bits per heavy atom. The lowest BCUT2D eigenvalue weighted by atomic mass is 10.1. The number of carbonyl (C=O) groups is 1. The highest BCUT2D eigenvalue weighted by molar-refractivity contribution is 6.11. The summed E-state index contributed by atoms with van der Waals surface area (Å²) in [5.41, 5.74) is 8.55. The molecular formula is C35H26N2O. The van der Waals surface area contributed by atoms with E-state index >= 15 is 0 Å². The highest BCUT2D eigenvalue weighted by atomic mass is 16.1. The van der Waals surface area contributed by atoms with Gasteiger partial charge in [-0.2, -0.15) is 0 Å². The maximum atomic E-state index is 13.0. The van der Waals surface area contributed by atoms with Crippen LogP contribution in [0.15, 0.2) is 120 Å². The zero-order valence-electron chi connectivity index (χ0n) is 20.9. The number of hydrogen-bond acceptors (Lipinski definition) is 1. The molecule has 0 spiro atoms. The summed E-state index contributed by atoms with van der Waals surface area (Å²) in [4.78, 5) is 19.9. The van der Waals surface area contributed by atoms with Gasteiger partial charge in [0.1, 0.15) is 0 Å². The molecule has 2 heterocycles. The predicted molar refractivity (Wildman–Crippen MR) is 160 cm³/mol. The van der Waals surface area contributed by atoms with E-state index in [1.54, 1.807) is 0 Å². The molecule has 4 aromatic carbocycles. The summed E-state index contributed by atoms with van der Waals surface area (Å²) in [6, 6.07) is 29.6. The van der Waals surface area contributed by atoms with Gasteiger partial charge in [0.15, 0.2) is 5.78 Å². The molecule has 0 unspecified atom stereocenters. The van der Waals surface area contributed by atoms with Crippen molar-refractivity contribution in [3.63, 3.8) is 0 Å². The number of allylic oxidation sites excluding steroid dienone is 6. The minimum atomic E-state index is 0.151. The third-order valence-electron chi connectivity index (χ3n) is 7.48. The summed E-state index contributed by atoms with van der Waals surface area (Å²) < 4.78 is 0.